The predicted octanol–water partition coefficient (Wildman–Crippen LogP) is 2.38. The summed E-state index contributed by atoms with van der Waals surface area (Å²) in [6.07, 6.45) is 0.832. The van der Waals surface area contributed by atoms with Crippen molar-refractivity contribution in [1.82, 2.24) is 0 Å². The zero-order valence-corrected chi connectivity index (χ0v) is 10.4. The van der Waals surface area contributed by atoms with E-state index in [1.165, 1.54) is 11.8 Å². The van der Waals surface area contributed by atoms with E-state index in [9.17, 15) is 4.79 Å². The van der Waals surface area contributed by atoms with Gasteiger partial charge in [0.05, 0.1) is 13.2 Å². The van der Waals surface area contributed by atoms with E-state index >= 15 is 0 Å². The molecule has 0 aliphatic rings. The Hall–Kier alpha value is -0.290. The van der Waals surface area contributed by atoms with Crippen molar-refractivity contribution < 1.29 is 14.3 Å². The Morgan fingerprint density at radius 2 is 2.07 bits per heavy atom. The van der Waals surface area contributed by atoms with Crippen LogP contribution in [0, 0.1) is 0 Å². The van der Waals surface area contributed by atoms with E-state index in [1.54, 1.807) is 6.92 Å². The highest BCUT2D eigenvalue weighted by molar-refractivity contribution is 8.23. The fourth-order valence-electron chi connectivity index (χ4n) is 0.664. The van der Waals surface area contributed by atoms with Gasteiger partial charge in [-0.1, -0.05) is 18.7 Å². The minimum atomic E-state index is -0.291. The molecule has 0 heterocycles. The van der Waals surface area contributed by atoms with Gasteiger partial charge in [0.2, 0.25) is 4.38 Å². The number of thioether (sulfide) groups is 1. The van der Waals surface area contributed by atoms with Crippen molar-refractivity contribution >= 4 is 34.3 Å². The number of thiocarbonyl (C=S) groups is 1. The van der Waals surface area contributed by atoms with Gasteiger partial charge in [-0.3, -0.25) is 4.79 Å². The van der Waals surface area contributed by atoms with E-state index in [2.05, 4.69) is 0 Å². The van der Waals surface area contributed by atoms with Crippen LogP contribution in [0.5, 0.6) is 0 Å². The highest BCUT2D eigenvalue weighted by Gasteiger charge is 2.17. The van der Waals surface area contributed by atoms with Gasteiger partial charge in [0.1, 0.15) is 5.25 Å². The maximum atomic E-state index is 11.3. The van der Waals surface area contributed by atoms with Crippen LogP contribution >= 0.6 is 24.0 Å². The van der Waals surface area contributed by atoms with Crippen LogP contribution < -0.4 is 0 Å². The first-order chi connectivity index (χ1) is 6.61. The third-order valence-electron chi connectivity index (χ3n) is 1.32. The van der Waals surface area contributed by atoms with Crippen LogP contribution in [0.1, 0.15) is 27.2 Å². The van der Waals surface area contributed by atoms with Gasteiger partial charge in [-0.15, -0.1) is 0 Å². The fourth-order valence-corrected chi connectivity index (χ4v) is 1.85. The summed E-state index contributed by atoms with van der Waals surface area (Å²) in [6, 6.07) is 0. The molecule has 0 N–H and O–H groups in total. The summed E-state index contributed by atoms with van der Waals surface area (Å²) >= 11 is 6.11. The average molecular weight is 236 g/mol. The number of carbonyl (C=O) groups is 1. The standard InChI is InChI=1S/C9H16O3S2/c1-4-6-12-8(10)7(3)14-9(13)11-5-2/h7H,4-6H2,1-3H3. The Bertz CT molecular complexity index is 194. The first-order valence-corrected chi connectivity index (χ1v) is 5.90. The second-order valence-corrected chi connectivity index (χ2v) is 4.55. The molecule has 1 atom stereocenters. The number of carbonyl (C=O) groups excluding carboxylic acids is 1. The van der Waals surface area contributed by atoms with Crippen LogP contribution in [0.3, 0.4) is 0 Å². The van der Waals surface area contributed by atoms with Crippen LogP contribution in [0.2, 0.25) is 0 Å². The SMILES string of the molecule is CCCOC(=O)C(C)SC(=S)OCC. The van der Waals surface area contributed by atoms with Gasteiger partial charge < -0.3 is 9.47 Å². The molecule has 5 heteroatoms. The molecule has 0 rings (SSSR count). The van der Waals surface area contributed by atoms with E-state index in [-0.39, 0.29) is 11.2 Å². The van der Waals surface area contributed by atoms with Crippen molar-refractivity contribution in [1.29, 1.82) is 0 Å². The average Bonchev–Trinajstić information content (AvgIpc) is 2.14. The molecule has 0 bridgehead atoms. The van der Waals surface area contributed by atoms with Crippen LogP contribution in [-0.2, 0) is 14.3 Å². The summed E-state index contributed by atoms with van der Waals surface area (Å²) < 4.78 is 10.4. The predicted molar refractivity (Wildman–Crippen MR) is 62.5 cm³/mol. The Morgan fingerprint density at radius 1 is 1.43 bits per heavy atom. The maximum absolute atomic E-state index is 11.3. The quantitative estimate of drug-likeness (QED) is 0.541. The van der Waals surface area contributed by atoms with Gasteiger partial charge in [0, 0.05) is 0 Å². The molecule has 0 spiro atoms. The molecule has 0 aliphatic carbocycles. The zero-order chi connectivity index (χ0) is 11.0. The Kier molecular flexibility index (Phi) is 7.89. The summed E-state index contributed by atoms with van der Waals surface area (Å²) in [7, 11) is 0. The number of rotatable bonds is 5. The number of ether oxygens (including phenoxy) is 2. The van der Waals surface area contributed by atoms with Crippen molar-refractivity contribution in [2.24, 2.45) is 0 Å². The van der Waals surface area contributed by atoms with Gasteiger partial charge in [-0.25, -0.2) is 0 Å². The lowest BCUT2D eigenvalue weighted by Gasteiger charge is -2.10. The molecular formula is C9H16O3S2. The van der Waals surface area contributed by atoms with E-state index in [0.29, 0.717) is 17.6 Å². The van der Waals surface area contributed by atoms with Crippen molar-refractivity contribution in [2.45, 2.75) is 32.4 Å². The summed E-state index contributed by atoms with van der Waals surface area (Å²) in [5.74, 6) is -0.237. The largest absolute Gasteiger partial charge is 0.479 e. The van der Waals surface area contributed by atoms with Crippen LogP contribution in [0.4, 0.5) is 0 Å². The maximum Gasteiger partial charge on any atom is 0.319 e. The van der Waals surface area contributed by atoms with E-state index in [1.807, 2.05) is 13.8 Å². The van der Waals surface area contributed by atoms with Crippen LogP contribution in [0.15, 0.2) is 0 Å². The number of esters is 1. The van der Waals surface area contributed by atoms with Crippen molar-refractivity contribution in [3.05, 3.63) is 0 Å². The van der Waals surface area contributed by atoms with Crippen molar-refractivity contribution in [3.63, 3.8) is 0 Å². The highest BCUT2D eigenvalue weighted by Crippen LogP contribution is 2.15. The first kappa shape index (κ1) is 13.7. The molecule has 1 unspecified atom stereocenters. The van der Waals surface area contributed by atoms with E-state index < -0.39 is 0 Å². The van der Waals surface area contributed by atoms with E-state index in [0.717, 1.165) is 6.42 Å². The lowest BCUT2D eigenvalue weighted by molar-refractivity contribution is -0.142. The molecule has 0 aromatic heterocycles. The Balaban J connectivity index is 3.76. The lowest BCUT2D eigenvalue weighted by atomic mass is 10.5. The summed E-state index contributed by atoms with van der Waals surface area (Å²) in [4.78, 5) is 11.3. The number of hydrogen-bond donors (Lipinski definition) is 0. The van der Waals surface area contributed by atoms with Crippen LogP contribution in [-0.4, -0.2) is 28.8 Å². The molecule has 0 saturated heterocycles. The summed E-state index contributed by atoms with van der Waals surface area (Å²) in [6.45, 7) is 6.56. The second kappa shape index (κ2) is 8.05. The molecular weight excluding hydrogens is 220 g/mol. The lowest BCUT2D eigenvalue weighted by Crippen LogP contribution is -2.19. The Morgan fingerprint density at radius 3 is 2.57 bits per heavy atom. The van der Waals surface area contributed by atoms with Crippen LogP contribution in [0.25, 0.3) is 0 Å². The van der Waals surface area contributed by atoms with Crippen molar-refractivity contribution in [3.8, 4) is 0 Å². The molecule has 0 amide bonds. The fraction of sp³-hybridized carbons (Fsp3) is 0.778. The number of hydrogen-bond acceptors (Lipinski definition) is 5. The zero-order valence-electron chi connectivity index (χ0n) is 8.74. The normalized spacial score (nSPS) is 11.9. The van der Waals surface area contributed by atoms with Gasteiger partial charge in [0.15, 0.2) is 0 Å². The summed E-state index contributed by atoms with van der Waals surface area (Å²) in [5, 5.41) is -0.291. The molecule has 0 radical (unpaired) electrons. The minimum absolute atomic E-state index is 0.237. The molecule has 3 nitrogen and oxygen atoms in total. The third kappa shape index (κ3) is 6.21. The second-order valence-electron chi connectivity index (χ2n) is 2.61. The first-order valence-electron chi connectivity index (χ1n) is 4.61. The Labute approximate surface area is 94.5 Å². The topological polar surface area (TPSA) is 35.5 Å². The third-order valence-corrected chi connectivity index (χ3v) is 2.58. The van der Waals surface area contributed by atoms with Crippen molar-refractivity contribution in [2.75, 3.05) is 13.2 Å². The molecule has 0 aliphatic heterocycles. The molecule has 0 aromatic rings. The van der Waals surface area contributed by atoms with Gasteiger partial charge in [-0.2, -0.15) is 0 Å². The smallest absolute Gasteiger partial charge is 0.319 e. The minimum Gasteiger partial charge on any atom is -0.479 e. The van der Waals surface area contributed by atoms with Gasteiger partial charge in [0.25, 0.3) is 0 Å². The monoisotopic (exact) mass is 236 g/mol. The van der Waals surface area contributed by atoms with Gasteiger partial charge in [-0.05, 0) is 32.5 Å². The molecule has 0 saturated carbocycles. The molecule has 0 aromatic carbocycles. The molecule has 14 heavy (non-hydrogen) atoms. The summed E-state index contributed by atoms with van der Waals surface area (Å²) in [5.41, 5.74) is 0. The highest BCUT2D eigenvalue weighted by atomic mass is 32.2. The van der Waals surface area contributed by atoms with E-state index in [4.69, 9.17) is 21.7 Å². The van der Waals surface area contributed by atoms with Gasteiger partial charge >= 0.3 is 5.97 Å². The molecule has 0 fully saturated rings. The molecule has 82 valence electrons.